The van der Waals surface area contributed by atoms with Crippen molar-refractivity contribution in [1.82, 2.24) is 0 Å². The third-order valence-electron chi connectivity index (χ3n) is 6.56. The molecule has 2 N–H and O–H groups in total. The van der Waals surface area contributed by atoms with Crippen molar-refractivity contribution in [2.75, 3.05) is 13.7 Å². The first-order valence-corrected chi connectivity index (χ1v) is 11.9. The monoisotopic (exact) mass is 460 g/mol. The third-order valence-corrected chi connectivity index (χ3v) is 6.92. The van der Waals surface area contributed by atoms with Gasteiger partial charge in [-0.3, -0.25) is 0 Å². The lowest BCUT2D eigenvalue weighted by Crippen LogP contribution is -2.33. The fourth-order valence-electron chi connectivity index (χ4n) is 4.77. The summed E-state index contributed by atoms with van der Waals surface area (Å²) in [6, 6.07) is 14.1. The highest BCUT2D eigenvalue weighted by atomic mass is 35.5. The lowest BCUT2D eigenvalue weighted by Gasteiger charge is -2.32. The molecule has 0 aromatic heterocycles. The molecule has 2 aromatic carbocycles. The molecule has 0 amide bonds. The molecule has 2 aromatic rings. The molecular weight excluding hydrogens is 428 g/mol. The maximum Gasteiger partial charge on any atom is 0.119 e. The van der Waals surface area contributed by atoms with Gasteiger partial charge in [0.25, 0.3) is 0 Å². The van der Waals surface area contributed by atoms with E-state index < -0.39 is 6.10 Å². The van der Waals surface area contributed by atoms with Crippen LogP contribution in [0.1, 0.15) is 61.3 Å². The minimum atomic E-state index is -0.471. The molecule has 0 radical (unpaired) electrons. The number of benzene rings is 2. The van der Waals surface area contributed by atoms with E-state index in [4.69, 9.17) is 25.8 Å². The lowest BCUT2D eigenvalue weighted by molar-refractivity contribution is -0.113. The third kappa shape index (κ3) is 6.03. The summed E-state index contributed by atoms with van der Waals surface area (Å²) in [4.78, 5) is 0. The number of ether oxygens (including phenoxy) is 3. The van der Waals surface area contributed by atoms with Crippen molar-refractivity contribution >= 4 is 11.6 Å². The van der Waals surface area contributed by atoms with E-state index in [9.17, 15) is 10.2 Å². The first kappa shape index (κ1) is 23.5. The lowest BCUT2D eigenvalue weighted by atomic mass is 9.94. The Morgan fingerprint density at radius 2 is 1.81 bits per heavy atom. The molecule has 3 unspecified atom stereocenters. The summed E-state index contributed by atoms with van der Waals surface area (Å²) < 4.78 is 17.6. The second-order valence-electron chi connectivity index (χ2n) is 8.99. The van der Waals surface area contributed by atoms with Gasteiger partial charge < -0.3 is 24.4 Å². The van der Waals surface area contributed by atoms with Crippen molar-refractivity contribution in [3.05, 3.63) is 64.2 Å². The quantitative estimate of drug-likeness (QED) is 0.618. The minimum absolute atomic E-state index is 0.0879. The summed E-state index contributed by atoms with van der Waals surface area (Å²) in [5.74, 6) is 0.884. The van der Waals surface area contributed by atoms with Gasteiger partial charge in [-0.1, -0.05) is 35.9 Å². The first-order valence-electron chi connectivity index (χ1n) is 11.5. The van der Waals surface area contributed by atoms with Gasteiger partial charge >= 0.3 is 0 Å². The van der Waals surface area contributed by atoms with Crippen LogP contribution < -0.4 is 4.74 Å². The minimum Gasteiger partial charge on any atom is -0.490 e. The summed E-state index contributed by atoms with van der Waals surface area (Å²) in [6.07, 6.45) is 5.40. The summed E-state index contributed by atoms with van der Waals surface area (Å²) in [5.41, 5.74) is 3.14. The summed E-state index contributed by atoms with van der Waals surface area (Å²) in [6.45, 7) is -0.0879. The maximum atomic E-state index is 10.1. The molecule has 32 heavy (non-hydrogen) atoms. The van der Waals surface area contributed by atoms with E-state index in [2.05, 4.69) is 18.2 Å². The maximum absolute atomic E-state index is 10.1. The molecule has 4 rings (SSSR count). The highest BCUT2D eigenvalue weighted by Gasteiger charge is 2.29. The van der Waals surface area contributed by atoms with Crippen molar-refractivity contribution in [3.63, 3.8) is 0 Å². The van der Waals surface area contributed by atoms with Gasteiger partial charge in [-0.05, 0) is 60.6 Å². The number of rotatable bonds is 7. The molecule has 1 heterocycles. The van der Waals surface area contributed by atoms with Gasteiger partial charge in [-0.25, -0.2) is 0 Å². The van der Waals surface area contributed by atoms with E-state index in [1.807, 2.05) is 24.3 Å². The Bertz CT molecular complexity index is 871. The SMILES string of the molecule is COC1CCCC(Oc2ccc(Cc3cc([C@H]4CC(O)C[C@@H](CO)O4)ccc3Cl)cc2)C1. The summed E-state index contributed by atoms with van der Waals surface area (Å²) >= 11 is 6.49. The zero-order valence-corrected chi connectivity index (χ0v) is 19.3. The number of aliphatic hydroxyl groups excluding tert-OH is 2. The average Bonchev–Trinajstić information content (AvgIpc) is 2.81. The van der Waals surface area contributed by atoms with Crippen LogP contribution in [-0.2, 0) is 15.9 Å². The zero-order chi connectivity index (χ0) is 22.5. The fraction of sp³-hybridized carbons (Fsp3) is 0.538. The van der Waals surface area contributed by atoms with Gasteiger partial charge in [-0.15, -0.1) is 0 Å². The Morgan fingerprint density at radius 1 is 1.03 bits per heavy atom. The molecule has 174 valence electrons. The molecule has 1 saturated heterocycles. The molecule has 1 aliphatic carbocycles. The van der Waals surface area contributed by atoms with Crippen LogP contribution in [0.4, 0.5) is 0 Å². The fourth-order valence-corrected chi connectivity index (χ4v) is 4.96. The molecule has 5 nitrogen and oxygen atoms in total. The molecule has 0 bridgehead atoms. The Hall–Kier alpha value is -1.63. The molecule has 2 fully saturated rings. The van der Waals surface area contributed by atoms with Gasteiger partial charge in [0.2, 0.25) is 0 Å². The van der Waals surface area contributed by atoms with Crippen LogP contribution in [-0.4, -0.2) is 48.3 Å². The van der Waals surface area contributed by atoms with Crippen molar-refractivity contribution in [2.45, 2.75) is 75.5 Å². The predicted molar refractivity (Wildman–Crippen MR) is 124 cm³/mol. The number of halogens is 1. The average molecular weight is 461 g/mol. The molecule has 0 spiro atoms. The van der Waals surface area contributed by atoms with Crippen LogP contribution >= 0.6 is 11.6 Å². The van der Waals surface area contributed by atoms with Gasteiger partial charge in [0, 0.05) is 31.4 Å². The van der Waals surface area contributed by atoms with Gasteiger partial charge in [0.1, 0.15) is 11.9 Å². The van der Waals surface area contributed by atoms with E-state index in [0.717, 1.165) is 48.1 Å². The van der Waals surface area contributed by atoms with E-state index in [1.54, 1.807) is 7.11 Å². The van der Waals surface area contributed by atoms with Crippen LogP contribution in [0.2, 0.25) is 5.02 Å². The molecule has 1 aliphatic heterocycles. The molecule has 2 aliphatic rings. The van der Waals surface area contributed by atoms with E-state index >= 15 is 0 Å². The number of aliphatic hydroxyl groups is 2. The second kappa shape index (κ2) is 11.0. The smallest absolute Gasteiger partial charge is 0.119 e. The number of methoxy groups -OCH3 is 1. The normalized spacial score (nSPS) is 28.4. The molecule has 5 atom stereocenters. The number of hydrogen-bond donors (Lipinski definition) is 2. The molecule has 1 saturated carbocycles. The molecular formula is C26H33ClO5. The van der Waals surface area contributed by atoms with Gasteiger partial charge in [0.15, 0.2) is 0 Å². The van der Waals surface area contributed by atoms with E-state index in [1.165, 1.54) is 0 Å². The number of hydrogen-bond acceptors (Lipinski definition) is 5. The van der Waals surface area contributed by atoms with Crippen LogP contribution in [0, 0.1) is 0 Å². The van der Waals surface area contributed by atoms with Crippen molar-refractivity contribution < 1.29 is 24.4 Å². The Balaban J connectivity index is 1.41. The van der Waals surface area contributed by atoms with Crippen LogP contribution in [0.3, 0.4) is 0 Å². The highest BCUT2D eigenvalue weighted by Crippen LogP contribution is 2.34. The second-order valence-corrected chi connectivity index (χ2v) is 9.40. The van der Waals surface area contributed by atoms with Gasteiger partial charge in [0.05, 0.1) is 31.0 Å². The van der Waals surface area contributed by atoms with Crippen LogP contribution in [0.15, 0.2) is 42.5 Å². The van der Waals surface area contributed by atoms with E-state index in [0.29, 0.717) is 30.4 Å². The van der Waals surface area contributed by atoms with Crippen LogP contribution in [0.25, 0.3) is 0 Å². The van der Waals surface area contributed by atoms with E-state index in [-0.39, 0.29) is 24.9 Å². The van der Waals surface area contributed by atoms with Crippen molar-refractivity contribution in [2.24, 2.45) is 0 Å². The standard InChI is InChI=1S/C26H33ClO5/c1-30-22-3-2-4-23(15-22)31-21-8-5-17(6-9-21)11-19-12-18(7-10-25(19)27)26-14-20(29)13-24(16-28)32-26/h5-10,12,20,22-24,26,28-29H,2-4,11,13-16H2,1H3/t20?,22?,23?,24-,26+/m0/s1. The van der Waals surface area contributed by atoms with Crippen molar-refractivity contribution in [1.29, 1.82) is 0 Å². The Labute approximate surface area is 195 Å². The highest BCUT2D eigenvalue weighted by molar-refractivity contribution is 6.31. The summed E-state index contributed by atoms with van der Waals surface area (Å²) in [7, 11) is 1.77. The van der Waals surface area contributed by atoms with Crippen LogP contribution in [0.5, 0.6) is 5.75 Å². The Kier molecular flexibility index (Phi) is 8.08. The zero-order valence-electron chi connectivity index (χ0n) is 18.6. The predicted octanol–water partition coefficient (Wildman–Crippen LogP) is 4.84. The first-order chi connectivity index (χ1) is 15.5. The largest absolute Gasteiger partial charge is 0.490 e. The summed E-state index contributed by atoms with van der Waals surface area (Å²) in [5, 5.41) is 20.3. The van der Waals surface area contributed by atoms with Gasteiger partial charge in [-0.2, -0.15) is 0 Å². The van der Waals surface area contributed by atoms with Crippen molar-refractivity contribution in [3.8, 4) is 5.75 Å². The topological polar surface area (TPSA) is 68.2 Å². The Morgan fingerprint density at radius 3 is 2.56 bits per heavy atom. The molecule has 6 heteroatoms.